The number of halogens is 1. The summed E-state index contributed by atoms with van der Waals surface area (Å²) in [7, 11) is 1.70. The summed E-state index contributed by atoms with van der Waals surface area (Å²) in [5.41, 5.74) is 7.73. The first kappa shape index (κ1) is 14.8. The fraction of sp³-hybridized carbons (Fsp3) is 0.571. The van der Waals surface area contributed by atoms with Gasteiger partial charge < -0.3 is 15.8 Å². The molecule has 1 aromatic rings. The van der Waals surface area contributed by atoms with Crippen LogP contribution in [0.2, 0.25) is 0 Å². The number of methoxy groups -OCH3 is 1. The molecule has 0 bridgehead atoms. The Morgan fingerprint density at radius 2 is 2.06 bits per heavy atom. The Morgan fingerprint density at radius 3 is 2.67 bits per heavy atom. The summed E-state index contributed by atoms with van der Waals surface area (Å²) in [5.74, 6) is -0.267. The number of benzene rings is 1. The van der Waals surface area contributed by atoms with Crippen molar-refractivity contribution < 1.29 is 9.13 Å². The predicted octanol–water partition coefficient (Wildman–Crippen LogP) is 3.19. The van der Waals surface area contributed by atoms with Crippen molar-refractivity contribution >= 4 is 11.4 Å². The second-order valence-corrected chi connectivity index (χ2v) is 5.45. The highest BCUT2D eigenvalue weighted by molar-refractivity contribution is 5.67. The van der Waals surface area contributed by atoms with E-state index in [1.165, 1.54) is 6.07 Å². The summed E-state index contributed by atoms with van der Waals surface area (Å²) in [5, 5.41) is 3.28. The lowest BCUT2D eigenvalue weighted by Crippen LogP contribution is -2.25. The standard InChI is InChI=1S/C14H23FN2O/c1-10-7-13(12(16)8-11(10)15)17-9-14(2,3)5-6-18-4/h7-8,17H,5-6,9,16H2,1-4H3. The maximum absolute atomic E-state index is 13.3. The van der Waals surface area contributed by atoms with Crippen LogP contribution in [0.4, 0.5) is 15.8 Å². The second-order valence-electron chi connectivity index (χ2n) is 5.45. The molecule has 0 fully saturated rings. The van der Waals surface area contributed by atoms with E-state index >= 15 is 0 Å². The average Bonchev–Trinajstić information content (AvgIpc) is 2.30. The van der Waals surface area contributed by atoms with E-state index in [2.05, 4.69) is 19.2 Å². The molecule has 0 unspecified atom stereocenters. The third-order valence-corrected chi connectivity index (χ3v) is 3.07. The third-order valence-electron chi connectivity index (χ3n) is 3.07. The topological polar surface area (TPSA) is 47.3 Å². The van der Waals surface area contributed by atoms with E-state index in [4.69, 9.17) is 10.5 Å². The van der Waals surface area contributed by atoms with Crippen molar-refractivity contribution in [2.45, 2.75) is 27.2 Å². The van der Waals surface area contributed by atoms with Gasteiger partial charge in [-0.3, -0.25) is 0 Å². The van der Waals surface area contributed by atoms with E-state index in [0.29, 0.717) is 11.3 Å². The Balaban J connectivity index is 2.66. The first-order valence-corrected chi connectivity index (χ1v) is 6.14. The van der Waals surface area contributed by atoms with E-state index in [-0.39, 0.29) is 11.2 Å². The molecule has 102 valence electrons. The quantitative estimate of drug-likeness (QED) is 0.766. The van der Waals surface area contributed by atoms with Crippen molar-refractivity contribution in [1.82, 2.24) is 0 Å². The van der Waals surface area contributed by atoms with Crippen molar-refractivity contribution in [2.75, 3.05) is 31.3 Å². The smallest absolute Gasteiger partial charge is 0.128 e. The fourth-order valence-electron chi connectivity index (χ4n) is 1.65. The summed E-state index contributed by atoms with van der Waals surface area (Å²) in [6.07, 6.45) is 0.955. The molecule has 1 aromatic carbocycles. The number of nitrogens with one attached hydrogen (secondary N) is 1. The molecule has 18 heavy (non-hydrogen) atoms. The molecule has 0 aromatic heterocycles. The van der Waals surface area contributed by atoms with E-state index in [0.717, 1.165) is 25.3 Å². The van der Waals surface area contributed by atoms with Crippen LogP contribution >= 0.6 is 0 Å². The minimum atomic E-state index is -0.267. The lowest BCUT2D eigenvalue weighted by Gasteiger charge is -2.25. The van der Waals surface area contributed by atoms with Gasteiger partial charge in [0.25, 0.3) is 0 Å². The normalized spacial score (nSPS) is 11.6. The third kappa shape index (κ3) is 4.18. The molecule has 0 aliphatic rings. The zero-order valence-corrected chi connectivity index (χ0v) is 11.6. The van der Waals surface area contributed by atoms with Crippen LogP contribution in [0.5, 0.6) is 0 Å². The summed E-state index contributed by atoms with van der Waals surface area (Å²) in [6, 6.07) is 3.11. The Morgan fingerprint density at radius 1 is 1.39 bits per heavy atom. The highest BCUT2D eigenvalue weighted by Crippen LogP contribution is 2.26. The van der Waals surface area contributed by atoms with Crippen LogP contribution in [0, 0.1) is 18.2 Å². The van der Waals surface area contributed by atoms with Crippen LogP contribution in [0.25, 0.3) is 0 Å². The molecule has 0 saturated carbocycles. The van der Waals surface area contributed by atoms with Gasteiger partial charge in [0, 0.05) is 20.3 Å². The fourth-order valence-corrected chi connectivity index (χ4v) is 1.65. The maximum Gasteiger partial charge on any atom is 0.128 e. The van der Waals surface area contributed by atoms with Crippen LogP contribution in [-0.4, -0.2) is 20.3 Å². The SMILES string of the molecule is COCCC(C)(C)CNc1cc(C)c(F)cc1N. The maximum atomic E-state index is 13.3. The number of rotatable bonds is 6. The molecule has 0 heterocycles. The van der Waals surface area contributed by atoms with Crippen LogP contribution in [0.1, 0.15) is 25.8 Å². The van der Waals surface area contributed by atoms with E-state index < -0.39 is 0 Å². The van der Waals surface area contributed by atoms with Gasteiger partial charge in [-0.05, 0) is 36.5 Å². The molecule has 4 heteroatoms. The van der Waals surface area contributed by atoms with Gasteiger partial charge in [-0.25, -0.2) is 4.39 Å². The van der Waals surface area contributed by atoms with Crippen molar-refractivity contribution in [2.24, 2.45) is 5.41 Å². The van der Waals surface area contributed by atoms with Gasteiger partial charge in [-0.2, -0.15) is 0 Å². The van der Waals surface area contributed by atoms with Gasteiger partial charge in [0.2, 0.25) is 0 Å². The van der Waals surface area contributed by atoms with E-state index in [1.807, 2.05) is 0 Å². The lowest BCUT2D eigenvalue weighted by molar-refractivity contribution is 0.157. The van der Waals surface area contributed by atoms with Gasteiger partial charge in [0.05, 0.1) is 11.4 Å². The number of hydrogen-bond donors (Lipinski definition) is 2. The van der Waals surface area contributed by atoms with Crippen LogP contribution in [0.15, 0.2) is 12.1 Å². The Kier molecular flexibility index (Phi) is 4.96. The van der Waals surface area contributed by atoms with Crippen LogP contribution < -0.4 is 11.1 Å². The Hall–Kier alpha value is -1.29. The molecule has 3 nitrogen and oxygen atoms in total. The molecule has 0 spiro atoms. The highest BCUT2D eigenvalue weighted by Gasteiger charge is 2.17. The van der Waals surface area contributed by atoms with Gasteiger partial charge in [-0.15, -0.1) is 0 Å². The molecule has 0 amide bonds. The van der Waals surface area contributed by atoms with Crippen molar-refractivity contribution in [3.63, 3.8) is 0 Å². The summed E-state index contributed by atoms with van der Waals surface area (Å²) >= 11 is 0. The molecule has 0 aliphatic heterocycles. The van der Waals surface area contributed by atoms with Crippen molar-refractivity contribution in [3.8, 4) is 0 Å². The molecule has 0 aliphatic carbocycles. The summed E-state index contributed by atoms with van der Waals surface area (Å²) in [4.78, 5) is 0. The Bertz CT molecular complexity index is 405. The van der Waals surface area contributed by atoms with Crippen LogP contribution in [0.3, 0.4) is 0 Å². The van der Waals surface area contributed by atoms with Gasteiger partial charge >= 0.3 is 0 Å². The molecule has 1 rings (SSSR count). The molecule has 0 radical (unpaired) electrons. The predicted molar refractivity (Wildman–Crippen MR) is 74.3 cm³/mol. The number of hydrogen-bond acceptors (Lipinski definition) is 3. The highest BCUT2D eigenvalue weighted by atomic mass is 19.1. The number of anilines is 2. The monoisotopic (exact) mass is 254 g/mol. The zero-order valence-electron chi connectivity index (χ0n) is 11.6. The zero-order chi connectivity index (χ0) is 13.8. The molecule has 0 saturated heterocycles. The summed E-state index contributed by atoms with van der Waals surface area (Å²) < 4.78 is 18.4. The lowest BCUT2D eigenvalue weighted by atomic mass is 9.89. The van der Waals surface area contributed by atoms with Gasteiger partial charge in [0.15, 0.2) is 0 Å². The number of nitrogens with two attached hydrogens (primary N) is 1. The van der Waals surface area contributed by atoms with E-state index in [1.54, 1.807) is 20.1 Å². The van der Waals surface area contributed by atoms with Gasteiger partial charge in [0.1, 0.15) is 5.82 Å². The number of aryl methyl sites for hydroxylation is 1. The minimum absolute atomic E-state index is 0.102. The molecular formula is C14H23FN2O. The summed E-state index contributed by atoms with van der Waals surface area (Å²) in [6.45, 7) is 7.55. The molecule has 0 atom stereocenters. The largest absolute Gasteiger partial charge is 0.397 e. The van der Waals surface area contributed by atoms with E-state index in [9.17, 15) is 4.39 Å². The molecular weight excluding hydrogens is 231 g/mol. The first-order valence-electron chi connectivity index (χ1n) is 6.14. The second kappa shape index (κ2) is 6.05. The number of ether oxygens (including phenoxy) is 1. The van der Waals surface area contributed by atoms with Crippen molar-refractivity contribution in [1.29, 1.82) is 0 Å². The van der Waals surface area contributed by atoms with Crippen LogP contribution in [-0.2, 0) is 4.74 Å². The van der Waals surface area contributed by atoms with Crippen molar-refractivity contribution in [3.05, 3.63) is 23.5 Å². The average molecular weight is 254 g/mol. The van der Waals surface area contributed by atoms with Gasteiger partial charge in [-0.1, -0.05) is 13.8 Å². The first-order chi connectivity index (χ1) is 8.35. The number of nitrogen functional groups attached to an aromatic ring is 1. The Labute approximate surface area is 109 Å². The molecule has 3 N–H and O–H groups in total. The minimum Gasteiger partial charge on any atom is -0.397 e.